The lowest BCUT2D eigenvalue weighted by molar-refractivity contribution is 0.0935. The van der Waals surface area contributed by atoms with Gasteiger partial charge in [-0.1, -0.05) is 12.1 Å². The normalized spacial score (nSPS) is 12.2. The molecular formula is C13H13FN2OS. The number of halogens is 1. The van der Waals surface area contributed by atoms with Gasteiger partial charge in [0, 0.05) is 11.6 Å². The first kappa shape index (κ1) is 12.7. The SMILES string of the molecule is Cc1cccc(C(=O)NC(C)c2nccs2)c1F. The summed E-state index contributed by atoms with van der Waals surface area (Å²) in [4.78, 5) is 16.1. The maximum absolute atomic E-state index is 13.8. The molecule has 0 aliphatic rings. The van der Waals surface area contributed by atoms with Crippen LogP contribution in [0, 0.1) is 12.7 Å². The maximum Gasteiger partial charge on any atom is 0.254 e. The fourth-order valence-electron chi connectivity index (χ4n) is 1.61. The number of nitrogens with one attached hydrogen (secondary N) is 1. The van der Waals surface area contributed by atoms with Crippen molar-refractivity contribution in [1.82, 2.24) is 10.3 Å². The van der Waals surface area contributed by atoms with Crippen LogP contribution in [-0.2, 0) is 0 Å². The Kier molecular flexibility index (Phi) is 3.72. The smallest absolute Gasteiger partial charge is 0.254 e. The van der Waals surface area contributed by atoms with Crippen molar-refractivity contribution in [3.05, 3.63) is 51.7 Å². The zero-order valence-electron chi connectivity index (χ0n) is 10.1. The molecule has 0 radical (unpaired) electrons. The summed E-state index contributed by atoms with van der Waals surface area (Å²) in [6, 6.07) is 4.56. The van der Waals surface area contributed by atoms with Gasteiger partial charge in [0.2, 0.25) is 0 Å². The van der Waals surface area contributed by atoms with Crippen LogP contribution < -0.4 is 5.32 Å². The Balaban J connectivity index is 2.15. The molecule has 0 saturated heterocycles. The highest BCUT2D eigenvalue weighted by Crippen LogP contribution is 2.17. The van der Waals surface area contributed by atoms with E-state index in [-0.39, 0.29) is 11.6 Å². The van der Waals surface area contributed by atoms with Gasteiger partial charge in [0.25, 0.3) is 5.91 Å². The van der Waals surface area contributed by atoms with Gasteiger partial charge >= 0.3 is 0 Å². The van der Waals surface area contributed by atoms with Gasteiger partial charge in [0.05, 0.1) is 11.6 Å². The van der Waals surface area contributed by atoms with Crippen LogP contribution in [0.3, 0.4) is 0 Å². The number of hydrogen-bond acceptors (Lipinski definition) is 3. The van der Waals surface area contributed by atoms with E-state index in [1.807, 2.05) is 12.3 Å². The molecule has 0 aliphatic heterocycles. The summed E-state index contributed by atoms with van der Waals surface area (Å²) in [5.41, 5.74) is 0.531. The van der Waals surface area contributed by atoms with Crippen molar-refractivity contribution < 1.29 is 9.18 Å². The molecule has 18 heavy (non-hydrogen) atoms. The largest absolute Gasteiger partial charge is 0.343 e. The van der Waals surface area contributed by atoms with Crippen LogP contribution in [0.5, 0.6) is 0 Å². The van der Waals surface area contributed by atoms with E-state index in [0.29, 0.717) is 5.56 Å². The van der Waals surface area contributed by atoms with Crippen LogP contribution in [0.15, 0.2) is 29.8 Å². The van der Waals surface area contributed by atoms with Crippen molar-refractivity contribution >= 4 is 17.2 Å². The van der Waals surface area contributed by atoms with E-state index in [9.17, 15) is 9.18 Å². The molecule has 0 bridgehead atoms. The quantitative estimate of drug-likeness (QED) is 0.925. The summed E-state index contributed by atoms with van der Waals surface area (Å²) in [5.74, 6) is -0.889. The molecule has 1 amide bonds. The molecule has 1 aromatic carbocycles. The van der Waals surface area contributed by atoms with Crippen LogP contribution in [-0.4, -0.2) is 10.9 Å². The molecule has 0 saturated carbocycles. The van der Waals surface area contributed by atoms with E-state index < -0.39 is 11.7 Å². The Morgan fingerprint density at radius 2 is 2.28 bits per heavy atom. The number of benzene rings is 1. The zero-order chi connectivity index (χ0) is 13.1. The second kappa shape index (κ2) is 5.27. The number of aryl methyl sites for hydroxylation is 1. The molecule has 5 heteroatoms. The Hall–Kier alpha value is -1.75. The van der Waals surface area contributed by atoms with Crippen molar-refractivity contribution in [3.8, 4) is 0 Å². The molecule has 1 N–H and O–H groups in total. The van der Waals surface area contributed by atoms with Gasteiger partial charge in [-0.05, 0) is 25.5 Å². The molecule has 1 unspecified atom stereocenters. The summed E-state index contributed by atoms with van der Waals surface area (Å²) in [6.45, 7) is 3.46. The van der Waals surface area contributed by atoms with E-state index >= 15 is 0 Å². The summed E-state index contributed by atoms with van der Waals surface area (Å²) in [5, 5.41) is 5.38. The molecule has 0 aliphatic carbocycles. The van der Waals surface area contributed by atoms with Gasteiger partial charge in [-0.2, -0.15) is 0 Å². The highest BCUT2D eigenvalue weighted by Gasteiger charge is 2.17. The second-order valence-electron chi connectivity index (χ2n) is 4.00. The van der Waals surface area contributed by atoms with Gasteiger partial charge in [0.15, 0.2) is 0 Å². The predicted molar refractivity (Wildman–Crippen MR) is 69.1 cm³/mol. The third-order valence-electron chi connectivity index (χ3n) is 2.61. The maximum atomic E-state index is 13.8. The monoisotopic (exact) mass is 264 g/mol. The summed E-state index contributed by atoms with van der Waals surface area (Å²) >= 11 is 1.46. The van der Waals surface area contributed by atoms with Crippen LogP contribution in [0.4, 0.5) is 4.39 Å². The highest BCUT2D eigenvalue weighted by molar-refractivity contribution is 7.09. The van der Waals surface area contributed by atoms with Gasteiger partial charge in [0.1, 0.15) is 10.8 Å². The molecule has 94 valence electrons. The van der Waals surface area contributed by atoms with Gasteiger partial charge in [-0.25, -0.2) is 9.37 Å². The lowest BCUT2D eigenvalue weighted by Gasteiger charge is -2.12. The van der Waals surface area contributed by atoms with Crippen molar-refractivity contribution in [2.75, 3.05) is 0 Å². The predicted octanol–water partition coefficient (Wildman–Crippen LogP) is 3.08. The fraction of sp³-hybridized carbons (Fsp3) is 0.231. The van der Waals surface area contributed by atoms with E-state index in [2.05, 4.69) is 10.3 Å². The molecular weight excluding hydrogens is 251 g/mol. The number of nitrogens with zero attached hydrogens (tertiary/aromatic N) is 1. The Morgan fingerprint density at radius 1 is 1.50 bits per heavy atom. The molecule has 0 fully saturated rings. The van der Waals surface area contributed by atoms with Crippen molar-refractivity contribution in [2.45, 2.75) is 19.9 Å². The number of thiazole rings is 1. The van der Waals surface area contributed by atoms with E-state index in [1.165, 1.54) is 17.4 Å². The standard InChI is InChI=1S/C13H13FN2OS/c1-8-4-3-5-10(11(8)14)12(17)16-9(2)13-15-6-7-18-13/h3-7,9H,1-2H3,(H,16,17). The molecule has 3 nitrogen and oxygen atoms in total. The highest BCUT2D eigenvalue weighted by atomic mass is 32.1. The van der Waals surface area contributed by atoms with Gasteiger partial charge in [-0.3, -0.25) is 4.79 Å². The van der Waals surface area contributed by atoms with E-state index in [4.69, 9.17) is 0 Å². The number of rotatable bonds is 3. The van der Waals surface area contributed by atoms with E-state index in [0.717, 1.165) is 5.01 Å². The van der Waals surface area contributed by atoms with Gasteiger partial charge in [-0.15, -0.1) is 11.3 Å². The fourth-order valence-corrected chi connectivity index (χ4v) is 2.25. The number of carbonyl (C=O) groups is 1. The summed E-state index contributed by atoms with van der Waals surface area (Å²) in [6.07, 6.45) is 1.68. The number of carbonyl (C=O) groups excluding carboxylic acids is 1. The number of amides is 1. The molecule has 2 aromatic rings. The van der Waals surface area contributed by atoms with Crippen molar-refractivity contribution in [2.24, 2.45) is 0 Å². The molecule has 2 rings (SSSR count). The molecule has 1 aromatic heterocycles. The minimum Gasteiger partial charge on any atom is -0.343 e. The Bertz CT molecular complexity index is 554. The first-order valence-electron chi connectivity index (χ1n) is 5.55. The van der Waals surface area contributed by atoms with Crippen LogP contribution in [0.25, 0.3) is 0 Å². The molecule has 0 spiro atoms. The summed E-state index contributed by atoms with van der Waals surface area (Å²) < 4.78 is 13.8. The third kappa shape index (κ3) is 2.56. The van der Waals surface area contributed by atoms with Crippen LogP contribution in [0.1, 0.15) is 33.9 Å². The molecule has 1 heterocycles. The average molecular weight is 264 g/mol. The first-order chi connectivity index (χ1) is 8.59. The van der Waals surface area contributed by atoms with Crippen LogP contribution in [0.2, 0.25) is 0 Å². The zero-order valence-corrected chi connectivity index (χ0v) is 10.9. The minimum absolute atomic E-state index is 0.0680. The molecule has 1 atom stereocenters. The average Bonchev–Trinajstić information content (AvgIpc) is 2.86. The number of aromatic nitrogens is 1. The third-order valence-corrected chi connectivity index (χ3v) is 3.56. The Morgan fingerprint density at radius 3 is 2.94 bits per heavy atom. The number of hydrogen-bond donors (Lipinski definition) is 1. The second-order valence-corrected chi connectivity index (χ2v) is 4.93. The van der Waals surface area contributed by atoms with Gasteiger partial charge < -0.3 is 5.32 Å². The van der Waals surface area contributed by atoms with Crippen molar-refractivity contribution in [1.29, 1.82) is 0 Å². The van der Waals surface area contributed by atoms with E-state index in [1.54, 1.807) is 25.3 Å². The topological polar surface area (TPSA) is 42.0 Å². The summed E-state index contributed by atoms with van der Waals surface area (Å²) in [7, 11) is 0. The Labute approximate surface area is 109 Å². The lowest BCUT2D eigenvalue weighted by atomic mass is 10.1. The lowest BCUT2D eigenvalue weighted by Crippen LogP contribution is -2.27. The minimum atomic E-state index is -0.471. The van der Waals surface area contributed by atoms with Crippen LogP contribution >= 0.6 is 11.3 Å². The first-order valence-corrected chi connectivity index (χ1v) is 6.43. The van der Waals surface area contributed by atoms with Crippen molar-refractivity contribution in [3.63, 3.8) is 0 Å².